The molecule has 21 rings (SSSR count). The first kappa shape index (κ1) is 94.2. The number of carbonyl (C=O) groups is 6. The van der Waals surface area contributed by atoms with Gasteiger partial charge in [-0.3, -0.25) is 28.8 Å². The lowest BCUT2D eigenvalue weighted by atomic mass is 10.0. The van der Waals surface area contributed by atoms with Gasteiger partial charge in [-0.2, -0.15) is 5.26 Å². The molecule has 0 saturated heterocycles. The molecule has 1 fully saturated rings. The highest BCUT2D eigenvalue weighted by Gasteiger charge is 2.48. The van der Waals surface area contributed by atoms with Crippen molar-refractivity contribution in [2.45, 2.75) is 33.1 Å². The number of benzene rings is 7. The summed E-state index contributed by atoms with van der Waals surface area (Å²) in [6, 6.07) is 69.6. The minimum absolute atomic E-state index is 0.107. The Hall–Kier alpha value is -18.0. The minimum atomic E-state index is -0.616. The van der Waals surface area contributed by atoms with Crippen molar-refractivity contribution in [3.05, 3.63) is 350 Å². The lowest BCUT2D eigenvalue weighted by molar-refractivity contribution is -0.119. The summed E-state index contributed by atoms with van der Waals surface area (Å²) in [5.74, 6) is 6.13. The summed E-state index contributed by atoms with van der Waals surface area (Å²) >= 11 is 24.5. The van der Waals surface area contributed by atoms with Gasteiger partial charge < -0.3 is 66.8 Å². The van der Waals surface area contributed by atoms with Crippen molar-refractivity contribution < 1.29 is 28.8 Å². The number of aryl methyl sites for hydroxylation is 1. The molecule has 20 aromatic rings. The molecule has 0 unspecified atom stereocenters. The van der Waals surface area contributed by atoms with Gasteiger partial charge in [-0.15, -0.1) is 6.42 Å². The number of amides is 6. The number of hydrogen-bond donors (Lipinski definition) is 13. The van der Waals surface area contributed by atoms with Crippen molar-refractivity contribution >= 4 is 193 Å². The second kappa shape index (κ2) is 42.9. The second-order valence-corrected chi connectivity index (χ2v) is 33.2. The van der Waals surface area contributed by atoms with Crippen molar-refractivity contribution in [1.82, 2.24) is 64.8 Å². The highest BCUT2D eigenvalue weighted by atomic mass is 35.5. The van der Waals surface area contributed by atoms with Crippen LogP contribution in [0.15, 0.2) is 325 Å². The predicted molar refractivity (Wildman–Crippen MR) is 558 cm³/mol. The van der Waals surface area contributed by atoms with Gasteiger partial charge in [0.15, 0.2) is 0 Å². The molecule has 1 aliphatic carbocycles. The second-order valence-electron chi connectivity index (χ2n) is 31.6. The number of anilines is 6. The van der Waals surface area contributed by atoms with Gasteiger partial charge in [-0.1, -0.05) is 181 Å². The average Bonchev–Trinajstić information content (AvgIpc) is 1.64. The summed E-state index contributed by atoms with van der Waals surface area (Å²) in [5.41, 5.74) is 23.8. The van der Waals surface area contributed by atoms with E-state index >= 15 is 0 Å². The van der Waals surface area contributed by atoms with Crippen LogP contribution in [0.4, 0.5) is 34.1 Å². The molecule has 0 atom stereocenters. The number of rotatable bonds is 18. The number of nitriles is 1. The highest BCUT2D eigenvalue weighted by Crippen LogP contribution is 2.46. The number of H-pyrrole nitrogens is 7. The average molecular weight is 1910 g/mol. The van der Waals surface area contributed by atoms with E-state index in [1.165, 1.54) is 23.6 Å². The van der Waals surface area contributed by atoms with Crippen LogP contribution in [0.2, 0.25) is 20.1 Å². The van der Waals surface area contributed by atoms with Gasteiger partial charge in [0.2, 0.25) is 29.5 Å². The molecular formula is C109H82Cl4N20O6. The van der Waals surface area contributed by atoms with Crippen molar-refractivity contribution in [3.63, 3.8) is 0 Å². The fraction of sp³-hybridized carbons (Fsp3) is 0.0550. The third-order valence-corrected chi connectivity index (χ3v) is 23.6. The van der Waals surface area contributed by atoms with Crippen LogP contribution in [0.5, 0.6) is 0 Å². The van der Waals surface area contributed by atoms with Crippen molar-refractivity contribution in [2.24, 2.45) is 5.41 Å². The topological polar surface area (TPSA) is 386 Å². The number of pyridine rings is 6. The van der Waals surface area contributed by atoms with Gasteiger partial charge in [0.25, 0.3) is 5.91 Å². The molecule has 30 heteroatoms. The van der Waals surface area contributed by atoms with Crippen LogP contribution < -0.4 is 31.9 Å². The molecule has 13 aromatic heterocycles. The Morgan fingerprint density at radius 3 is 1.20 bits per heavy atom. The minimum Gasteiger partial charge on any atom is -0.354 e. The van der Waals surface area contributed by atoms with Crippen molar-refractivity contribution in [3.8, 4) is 108 Å². The number of halogens is 4. The van der Waals surface area contributed by atoms with E-state index in [0.717, 1.165) is 185 Å². The summed E-state index contributed by atoms with van der Waals surface area (Å²) in [6.45, 7) is 14.1. The fourth-order valence-corrected chi connectivity index (χ4v) is 15.9. The standard InChI is InChI=1S/C24H18N4O.C19H14ClN3O.C17H12ClN3O.C17H15N3O.C16H11ClN4O.C16H12ClN3O/c1-2-23(29)27-18-8-5-7-15(10-18)17-11-19-20(14-26-24(19)25-13-17)22-12-16-6-3-4-9-21(16)28-22;1-2-19(6-7-19)18(24)23-14-5-3-4-12(8-14)13-9-15-16(20)11-22-17(15)21-10-13;1-2-4-16(22)21-13-6-3-5-11(7-13)12-8-14-15(18)10-20-17(14)19-9-12;1-3-16(21)20-15-7-5-4-6-13(15)12-8-14-11(2)9-18-17(14)19-10-12;17-14-9-20-16-13(14)7-11(8-19-16)10-2-1-3-12(6-10)21-15(22)4-5-18;1-2-15(21)20-14-6-4-3-5-11(14)10-7-12-13(17)9-19-16(12)18-8-10/h2-14,28H,1H2,(H,25,26)(H,27,29);1,3-5,8-11H,6-7H2,(H,21,22)(H,23,24);3,5-10H,1H3,(H,19,20)(H,21,22);3-10H,1H2,2H3,(H,18,19)(H,20,21);1-3,6-9H,4H2,(H,19,20)(H,21,22);2-9H,1H2,(H,18,19)(H,20,21). The van der Waals surface area contributed by atoms with E-state index in [2.05, 4.69) is 165 Å². The number of para-hydroxylation sites is 3. The van der Waals surface area contributed by atoms with Crippen LogP contribution in [0.1, 0.15) is 31.7 Å². The van der Waals surface area contributed by atoms with Gasteiger partial charge in [0.05, 0.1) is 26.2 Å². The zero-order valence-electron chi connectivity index (χ0n) is 74.3. The Kier molecular flexibility index (Phi) is 29.1. The van der Waals surface area contributed by atoms with Crippen LogP contribution in [-0.4, -0.2) is 100 Å². The normalized spacial score (nSPS) is 11.3. The molecule has 13 N–H and O–H groups in total. The van der Waals surface area contributed by atoms with E-state index < -0.39 is 5.41 Å². The Bertz CT molecular complexity index is 8160. The van der Waals surface area contributed by atoms with Crippen molar-refractivity contribution in [1.29, 1.82) is 5.26 Å². The number of fused-ring (bicyclic) bond motifs is 7. The molecule has 26 nitrogen and oxygen atoms in total. The van der Waals surface area contributed by atoms with Crippen LogP contribution in [0.25, 0.3) is 155 Å². The van der Waals surface area contributed by atoms with E-state index in [-0.39, 0.29) is 41.9 Å². The Morgan fingerprint density at radius 2 is 0.770 bits per heavy atom. The number of hydrogen-bond acceptors (Lipinski definition) is 13. The molecule has 6 amide bonds. The monoisotopic (exact) mass is 1910 g/mol. The Morgan fingerprint density at radius 1 is 0.403 bits per heavy atom. The zero-order valence-corrected chi connectivity index (χ0v) is 77.3. The zero-order chi connectivity index (χ0) is 97.2. The Balaban J connectivity index is 0.000000121. The maximum atomic E-state index is 12.3. The SMILES string of the molecule is C#CC1(C(=O)Nc2cccc(-c3cnc4[nH]cc(Cl)c4c3)c2)CC1.C=CC(=O)Nc1cccc(-c2cnc3[nH]cc(-c4cc5ccccc5[nH]4)c3c2)c1.C=CC(=O)Nc1ccccc1-c1cnc2[nH]cc(C)c2c1.C=CC(=O)Nc1ccccc1-c1cnc2[nH]cc(Cl)c2c1.CC#CC(=O)Nc1cccc(-c2cnc3[nH]cc(Cl)c3c2)c1.N#CCC(=O)Nc1cccc(-c2cnc3[nH]cc(Cl)c3c2)c1. The fourth-order valence-electron chi connectivity index (χ4n) is 15.1. The summed E-state index contributed by atoms with van der Waals surface area (Å²) in [7, 11) is 0. The third kappa shape index (κ3) is 22.4. The Labute approximate surface area is 815 Å². The predicted octanol–water partition coefficient (Wildman–Crippen LogP) is 25.0. The van der Waals surface area contributed by atoms with Crippen LogP contribution >= 0.6 is 46.4 Å². The summed E-state index contributed by atoms with van der Waals surface area (Å²) in [4.78, 5) is 118. The quantitative estimate of drug-likeness (QED) is 0.0281. The number of carbonyl (C=O) groups excluding carboxylic acids is 6. The first-order valence-electron chi connectivity index (χ1n) is 43.1. The molecule has 0 radical (unpaired) electrons. The van der Waals surface area contributed by atoms with Crippen LogP contribution in [0.3, 0.4) is 0 Å². The number of terminal acetylenes is 1. The molecule has 682 valence electrons. The number of nitrogens with zero attached hydrogens (tertiary/aromatic N) is 7. The first-order valence-corrected chi connectivity index (χ1v) is 44.7. The molecule has 7 aromatic carbocycles. The van der Waals surface area contributed by atoms with E-state index in [1.54, 1.807) is 68.8 Å². The van der Waals surface area contributed by atoms with E-state index in [0.29, 0.717) is 37.2 Å². The molecule has 0 spiro atoms. The number of aromatic amines is 7. The smallest absolute Gasteiger partial charge is 0.300 e. The van der Waals surface area contributed by atoms with Gasteiger partial charge in [-0.25, -0.2) is 29.9 Å². The maximum absolute atomic E-state index is 12.3. The van der Waals surface area contributed by atoms with Crippen LogP contribution in [-0.2, 0) is 28.8 Å². The summed E-state index contributed by atoms with van der Waals surface area (Å²) in [6.07, 6.45) is 32.0. The molecule has 139 heavy (non-hydrogen) atoms. The van der Waals surface area contributed by atoms with Crippen molar-refractivity contribution in [2.75, 3.05) is 31.9 Å². The molecule has 0 aliphatic heterocycles. The number of nitrogens with one attached hydrogen (secondary N) is 13. The number of aromatic nitrogens is 13. The van der Waals surface area contributed by atoms with Gasteiger partial charge in [-0.05, 0) is 188 Å². The van der Waals surface area contributed by atoms with E-state index in [1.807, 2.05) is 208 Å². The molecule has 1 aliphatic rings. The first-order chi connectivity index (χ1) is 67.5. The lowest BCUT2D eigenvalue weighted by Crippen LogP contribution is -2.22. The van der Waals surface area contributed by atoms with E-state index in [4.69, 9.17) is 58.1 Å². The molecule has 0 bridgehead atoms. The highest BCUT2D eigenvalue weighted by molar-refractivity contribution is 6.37. The summed E-state index contributed by atoms with van der Waals surface area (Å²) in [5, 5.41) is 34.5. The maximum Gasteiger partial charge on any atom is 0.300 e. The lowest BCUT2D eigenvalue weighted by Gasteiger charge is -2.11. The van der Waals surface area contributed by atoms with E-state index in [9.17, 15) is 28.8 Å². The third-order valence-electron chi connectivity index (χ3n) is 22.3. The van der Waals surface area contributed by atoms with Gasteiger partial charge in [0, 0.05) is 207 Å². The summed E-state index contributed by atoms with van der Waals surface area (Å²) < 4.78 is 0. The van der Waals surface area contributed by atoms with Crippen LogP contribution in [0, 0.1) is 47.9 Å². The molecule has 1 saturated carbocycles. The largest absolute Gasteiger partial charge is 0.354 e. The molecular weight excluding hydrogens is 1830 g/mol. The molecule has 13 heterocycles. The van der Waals surface area contributed by atoms with Gasteiger partial charge >= 0.3 is 0 Å². The van der Waals surface area contributed by atoms with Gasteiger partial charge in [0.1, 0.15) is 45.7 Å².